The minimum Gasteiger partial charge on any atom is -0.366 e. The summed E-state index contributed by atoms with van der Waals surface area (Å²) in [5.74, 6) is 0.746. The van der Waals surface area contributed by atoms with E-state index in [0.29, 0.717) is 11.6 Å². The first-order valence-corrected chi connectivity index (χ1v) is 8.46. The molecule has 2 heterocycles. The molecule has 0 bridgehead atoms. The van der Waals surface area contributed by atoms with Crippen LogP contribution in [0.4, 0.5) is 5.82 Å². The highest BCUT2D eigenvalue weighted by Gasteiger charge is 2.17. The molecular weight excluding hydrogens is 278 g/mol. The second-order valence-corrected chi connectivity index (χ2v) is 6.45. The highest BCUT2D eigenvalue weighted by Crippen LogP contribution is 2.31. The van der Waals surface area contributed by atoms with Gasteiger partial charge in [0.2, 0.25) is 0 Å². The van der Waals surface area contributed by atoms with Crippen LogP contribution in [-0.2, 0) is 0 Å². The van der Waals surface area contributed by atoms with Gasteiger partial charge in [0.1, 0.15) is 17.5 Å². The summed E-state index contributed by atoms with van der Waals surface area (Å²) in [5, 5.41) is 15.1. The van der Waals surface area contributed by atoms with Crippen LogP contribution in [0, 0.1) is 11.3 Å². The molecule has 0 saturated heterocycles. The van der Waals surface area contributed by atoms with Gasteiger partial charge in [-0.25, -0.2) is 4.98 Å². The molecule has 2 aromatic rings. The van der Waals surface area contributed by atoms with Crippen molar-refractivity contribution in [2.75, 3.05) is 5.32 Å². The zero-order valence-electron chi connectivity index (χ0n) is 12.0. The standard InChI is InChI=1S/C17H19N3S/c18-12-15-14(16-8-5-11-21-16)9-10-19-17(15)20-13-6-3-1-2-4-7-13/h5,8-11,13H,1-4,6-7H2,(H,19,20). The molecule has 1 N–H and O–H groups in total. The van der Waals surface area contributed by atoms with Crippen molar-refractivity contribution in [2.24, 2.45) is 0 Å². The zero-order valence-corrected chi connectivity index (χ0v) is 12.8. The van der Waals surface area contributed by atoms with Crippen LogP contribution in [0.5, 0.6) is 0 Å². The zero-order chi connectivity index (χ0) is 14.5. The van der Waals surface area contributed by atoms with E-state index in [2.05, 4.69) is 22.4 Å². The van der Waals surface area contributed by atoms with Crippen LogP contribution in [-0.4, -0.2) is 11.0 Å². The molecule has 0 atom stereocenters. The third-order valence-electron chi connectivity index (χ3n) is 4.05. The van der Waals surface area contributed by atoms with Gasteiger partial charge >= 0.3 is 0 Å². The maximum atomic E-state index is 9.56. The number of hydrogen-bond acceptors (Lipinski definition) is 4. The Morgan fingerprint density at radius 1 is 1.19 bits per heavy atom. The van der Waals surface area contributed by atoms with Gasteiger partial charge in [-0.3, -0.25) is 0 Å². The summed E-state index contributed by atoms with van der Waals surface area (Å²) in [6.07, 6.45) is 9.34. The third kappa shape index (κ3) is 3.25. The number of anilines is 1. The van der Waals surface area contributed by atoms with Gasteiger partial charge in [0.05, 0.1) is 0 Å². The summed E-state index contributed by atoms with van der Waals surface area (Å²) < 4.78 is 0. The summed E-state index contributed by atoms with van der Waals surface area (Å²) in [5.41, 5.74) is 1.66. The summed E-state index contributed by atoms with van der Waals surface area (Å²) >= 11 is 1.66. The second-order valence-electron chi connectivity index (χ2n) is 5.50. The smallest absolute Gasteiger partial charge is 0.144 e. The molecule has 0 amide bonds. The first-order valence-electron chi connectivity index (χ1n) is 7.58. The molecule has 0 spiro atoms. The van der Waals surface area contributed by atoms with Crippen LogP contribution < -0.4 is 5.32 Å². The van der Waals surface area contributed by atoms with E-state index < -0.39 is 0 Å². The number of nitriles is 1. The Hall–Kier alpha value is -1.86. The molecule has 0 radical (unpaired) electrons. The van der Waals surface area contributed by atoms with Gasteiger partial charge in [0, 0.05) is 22.7 Å². The van der Waals surface area contributed by atoms with Crippen LogP contribution in [0.2, 0.25) is 0 Å². The summed E-state index contributed by atoms with van der Waals surface area (Å²) in [6.45, 7) is 0. The molecule has 0 unspecified atom stereocenters. The van der Waals surface area contributed by atoms with E-state index in [1.54, 1.807) is 17.5 Å². The SMILES string of the molecule is N#Cc1c(-c2cccs2)ccnc1NC1CCCCCC1. The predicted octanol–water partition coefficient (Wildman–Crippen LogP) is 4.82. The Labute approximate surface area is 129 Å². The molecule has 21 heavy (non-hydrogen) atoms. The molecule has 3 rings (SSSR count). The Morgan fingerprint density at radius 2 is 2.00 bits per heavy atom. The van der Waals surface area contributed by atoms with Crippen LogP contribution in [0.1, 0.15) is 44.1 Å². The number of nitrogens with one attached hydrogen (secondary N) is 1. The molecule has 3 nitrogen and oxygen atoms in total. The molecule has 0 aromatic carbocycles. The molecule has 1 saturated carbocycles. The van der Waals surface area contributed by atoms with Crippen molar-refractivity contribution in [3.8, 4) is 16.5 Å². The fraction of sp³-hybridized carbons (Fsp3) is 0.412. The van der Waals surface area contributed by atoms with Crippen LogP contribution in [0.15, 0.2) is 29.8 Å². The van der Waals surface area contributed by atoms with Gasteiger partial charge in [0.25, 0.3) is 0 Å². The van der Waals surface area contributed by atoms with Gasteiger partial charge in [0.15, 0.2) is 0 Å². The average molecular weight is 297 g/mol. The average Bonchev–Trinajstić information content (AvgIpc) is 2.93. The van der Waals surface area contributed by atoms with E-state index in [1.807, 2.05) is 17.5 Å². The Morgan fingerprint density at radius 3 is 2.67 bits per heavy atom. The maximum absolute atomic E-state index is 9.56. The summed E-state index contributed by atoms with van der Waals surface area (Å²) in [6, 6.07) is 8.79. The Balaban J connectivity index is 1.88. The molecule has 0 aliphatic heterocycles. The first-order chi connectivity index (χ1) is 10.4. The van der Waals surface area contributed by atoms with Crippen molar-refractivity contribution in [3.63, 3.8) is 0 Å². The first kappa shape index (κ1) is 14.1. The number of pyridine rings is 1. The molecule has 1 aliphatic rings. The lowest BCUT2D eigenvalue weighted by atomic mass is 10.1. The van der Waals surface area contributed by atoms with Crippen molar-refractivity contribution < 1.29 is 0 Å². The number of rotatable bonds is 3. The summed E-state index contributed by atoms with van der Waals surface area (Å²) in [7, 11) is 0. The van der Waals surface area contributed by atoms with Crippen LogP contribution in [0.3, 0.4) is 0 Å². The summed E-state index contributed by atoms with van der Waals surface area (Å²) in [4.78, 5) is 5.54. The topological polar surface area (TPSA) is 48.7 Å². The van der Waals surface area contributed by atoms with Crippen molar-refractivity contribution in [1.82, 2.24) is 4.98 Å². The fourth-order valence-corrected chi connectivity index (χ4v) is 3.70. The number of hydrogen-bond donors (Lipinski definition) is 1. The monoisotopic (exact) mass is 297 g/mol. The number of thiophene rings is 1. The van der Waals surface area contributed by atoms with E-state index in [0.717, 1.165) is 16.3 Å². The van der Waals surface area contributed by atoms with Crippen molar-refractivity contribution in [2.45, 2.75) is 44.6 Å². The number of aromatic nitrogens is 1. The Kier molecular flexibility index (Phi) is 4.52. The largest absolute Gasteiger partial charge is 0.366 e. The molecule has 4 heteroatoms. The van der Waals surface area contributed by atoms with E-state index in [-0.39, 0.29) is 0 Å². The minimum atomic E-state index is 0.450. The molecule has 2 aromatic heterocycles. The lowest BCUT2D eigenvalue weighted by Crippen LogP contribution is -2.20. The van der Waals surface area contributed by atoms with Crippen molar-refractivity contribution in [1.29, 1.82) is 5.26 Å². The highest BCUT2D eigenvalue weighted by atomic mass is 32.1. The van der Waals surface area contributed by atoms with E-state index in [4.69, 9.17) is 0 Å². The van der Waals surface area contributed by atoms with Gasteiger partial charge in [-0.2, -0.15) is 5.26 Å². The van der Waals surface area contributed by atoms with Gasteiger partial charge in [-0.1, -0.05) is 31.7 Å². The minimum absolute atomic E-state index is 0.450. The second kappa shape index (κ2) is 6.73. The fourth-order valence-electron chi connectivity index (χ4n) is 2.94. The van der Waals surface area contributed by atoms with E-state index in [9.17, 15) is 5.26 Å². The van der Waals surface area contributed by atoms with Crippen molar-refractivity contribution >= 4 is 17.2 Å². The molecular formula is C17H19N3S. The van der Waals surface area contributed by atoms with E-state index in [1.165, 1.54) is 38.5 Å². The normalized spacial score (nSPS) is 16.1. The predicted molar refractivity (Wildman–Crippen MR) is 87.4 cm³/mol. The van der Waals surface area contributed by atoms with Crippen LogP contribution in [0.25, 0.3) is 10.4 Å². The number of nitrogens with zero attached hydrogens (tertiary/aromatic N) is 2. The van der Waals surface area contributed by atoms with Crippen molar-refractivity contribution in [3.05, 3.63) is 35.3 Å². The molecule has 1 aliphatic carbocycles. The van der Waals surface area contributed by atoms with Gasteiger partial charge < -0.3 is 5.32 Å². The highest BCUT2D eigenvalue weighted by molar-refractivity contribution is 7.13. The quantitative estimate of drug-likeness (QED) is 0.826. The maximum Gasteiger partial charge on any atom is 0.144 e. The Bertz CT molecular complexity index is 620. The lowest BCUT2D eigenvalue weighted by Gasteiger charge is -2.18. The van der Waals surface area contributed by atoms with Gasteiger partial charge in [-0.15, -0.1) is 11.3 Å². The molecule has 108 valence electrons. The van der Waals surface area contributed by atoms with Gasteiger partial charge in [-0.05, 0) is 30.4 Å². The van der Waals surface area contributed by atoms with Crippen LogP contribution >= 0.6 is 11.3 Å². The van der Waals surface area contributed by atoms with E-state index >= 15 is 0 Å². The molecule has 1 fully saturated rings. The lowest BCUT2D eigenvalue weighted by molar-refractivity contribution is 0.617. The third-order valence-corrected chi connectivity index (χ3v) is 4.95.